The first-order chi connectivity index (χ1) is 14.1. The number of rotatable bonds is 5. The van der Waals surface area contributed by atoms with Crippen LogP contribution in [0.1, 0.15) is 24.0 Å². The number of nitrogens with one attached hydrogen (secondary N) is 1. The molecule has 2 aliphatic rings. The summed E-state index contributed by atoms with van der Waals surface area (Å²) < 4.78 is 5.87. The van der Waals surface area contributed by atoms with E-state index in [2.05, 4.69) is 16.2 Å². The number of nitrogens with zero attached hydrogens (tertiary/aromatic N) is 3. The molecule has 7 heteroatoms. The molecule has 29 heavy (non-hydrogen) atoms. The van der Waals surface area contributed by atoms with Crippen molar-refractivity contribution in [1.29, 1.82) is 0 Å². The van der Waals surface area contributed by atoms with E-state index in [1.165, 1.54) is 0 Å². The summed E-state index contributed by atoms with van der Waals surface area (Å²) in [5, 5.41) is 2.91. The van der Waals surface area contributed by atoms with E-state index in [-0.39, 0.29) is 18.0 Å². The number of hydrogen-bond acceptors (Lipinski definition) is 4. The average molecular weight is 390 g/mol. The van der Waals surface area contributed by atoms with Crippen LogP contribution >= 0.6 is 0 Å². The Balaban J connectivity index is 1.24. The van der Waals surface area contributed by atoms with E-state index < -0.39 is 0 Å². The summed E-state index contributed by atoms with van der Waals surface area (Å²) in [4.78, 5) is 31.9. The summed E-state index contributed by atoms with van der Waals surface area (Å²) in [6.45, 7) is 2.30. The molecule has 3 amide bonds. The van der Waals surface area contributed by atoms with E-state index in [1.807, 2.05) is 30.3 Å². The maximum absolute atomic E-state index is 12.5. The summed E-state index contributed by atoms with van der Waals surface area (Å²) in [7, 11) is 0. The number of anilines is 1. The van der Waals surface area contributed by atoms with Crippen LogP contribution in [0, 0.1) is 12.3 Å². The van der Waals surface area contributed by atoms with Crippen LogP contribution in [0.4, 0.5) is 10.5 Å². The summed E-state index contributed by atoms with van der Waals surface area (Å²) in [6.07, 6.45) is 9.57. The molecule has 1 N–H and O–H groups in total. The SMILES string of the molecule is C#CCCC(=O)N1CC(Oc2ccc(NC(=O)N3Cc4ccncc4C3)cc2)C1. The highest BCUT2D eigenvalue weighted by atomic mass is 16.5. The molecule has 1 fully saturated rings. The predicted octanol–water partition coefficient (Wildman–Crippen LogP) is 2.63. The molecular weight excluding hydrogens is 368 g/mol. The molecule has 148 valence electrons. The van der Waals surface area contributed by atoms with Gasteiger partial charge >= 0.3 is 6.03 Å². The Bertz CT molecular complexity index is 920. The number of terminal acetylenes is 1. The zero-order chi connectivity index (χ0) is 20.2. The van der Waals surface area contributed by atoms with Gasteiger partial charge in [-0.2, -0.15) is 0 Å². The molecule has 1 saturated heterocycles. The maximum Gasteiger partial charge on any atom is 0.322 e. The molecule has 2 aliphatic heterocycles. The number of urea groups is 1. The molecule has 0 saturated carbocycles. The highest BCUT2D eigenvalue weighted by Gasteiger charge is 2.31. The van der Waals surface area contributed by atoms with E-state index in [0.717, 1.165) is 11.1 Å². The molecule has 2 aromatic rings. The Morgan fingerprint density at radius 1 is 1.14 bits per heavy atom. The van der Waals surface area contributed by atoms with Crippen LogP contribution in [0.25, 0.3) is 0 Å². The Morgan fingerprint density at radius 3 is 2.62 bits per heavy atom. The molecule has 0 bridgehead atoms. The van der Waals surface area contributed by atoms with Crippen LogP contribution in [-0.2, 0) is 17.9 Å². The first-order valence-corrected chi connectivity index (χ1v) is 9.58. The number of fused-ring (bicyclic) bond motifs is 1. The summed E-state index contributed by atoms with van der Waals surface area (Å²) in [5.74, 6) is 3.26. The van der Waals surface area contributed by atoms with Crippen molar-refractivity contribution in [2.45, 2.75) is 32.0 Å². The van der Waals surface area contributed by atoms with Crippen molar-refractivity contribution in [3.63, 3.8) is 0 Å². The highest BCUT2D eigenvalue weighted by Crippen LogP contribution is 2.24. The minimum atomic E-state index is -0.144. The minimum Gasteiger partial charge on any atom is -0.487 e. The topological polar surface area (TPSA) is 74.8 Å². The van der Waals surface area contributed by atoms with Gasteiger partial charge in [0.25, 0.3) is 0 Å². The zero-order valence-corrected chi connectivity index (χ0v) is 16.0. The average Bonchev–Trinajstić information content (AvgIpc) is 3.14. The second kappa shape index (κ2) is 8.23. The van der Waals surface area contributed by atoms with E-state index in [0.29, 0.717) is 50.5 Å². The lowest BCUT2D eigenvalue weighted by Crippen LogP contribution is -2.56. The van der Waals surface area contributed by atoms with Gasteiger partial charge in [-0.15, -0.1) is 12.3 Å². The molecule has 1 aromatic heterocycles. The number of pyridine rings is 1. The van der Waals surface area contributed by atoms with Crippen molar-refractivity contribution in [3.8, 4) is 18.1 Å². The summed E-state index contributed by atoms with van der Waals surface area (Å²) in [6, 6.07) is 9.06. The molecule has 0 unspecified atom stereocenters. The van der Waals surface area contributed by atoms with Gasteiger partial charge in [0.15, 0.2) is 0 Å². The van der Waals surface area contributed by atoms with E-state index in [1.54, 1.807) is 22.2 Å². The third-order valence-corrected chi connectivity index (χ3v) is 5.11. The Labute approximate surface area is 169 Å². The Morgan fingerprint density at radius 2 is 1.90 bits per heavy atom. The standard InChI is InChI=1S/C22H22N4O3/c1-2-3-4-21(27)25-14-20(15-25)29-19-7-5-18(6-8-19)24-22(28)26-12-16-9-10-23-11-17(16)13-26/h1,5-11,20H,3-4,12-15H2,(H,24,28). The van der Waals surface area contributed by atoms with Crippen LogP contribution in [0.15, 0.2) is 42.7 Å². The fourth-order valence-electron chi connectivity index (χ4n) is 3.43. The lowest BCUT2D eigenvalue weighted by molar-refractivity contribution is -0.139. The number of aromatic nitrogens is 1. The van der Waals surface area contributed by atoms with Crippen molar-refractivity contribution in [2.24, 2.45) is 0 Å². The minimum absolute atomic E-state index is 0.0121. The molecule has 4 rings (SSSR count). The maximum atomic E-state index is 12.5. The van der Waals surface area contributed by atoms with Gasteiger partial charge in [0.1, 0.15) is 11.9 Å². The molecule has 0 aliphatic carbocycles. The number of amides is 3. The van der Waals surface area contributed by atoms with Gasteiger partial charge in [0.05, 0.1) is 13.1 Å². The lowest BCUT2D eigenvalue weighted by Gasteiger charge is -2.39. The number of benzene rings is 1. The highest BCUT2D eigenvalue weighted by molar-refractivity contribution is 5.89. The molecular formula is C22H22N4O3. The largest absolute Gasteiger partial charge is 0.487 e. The number of carbonyl (C=O) groups is 2. The van der Waals surface area contributed by atoms with Gasteiger partial charge in [-0.3, -0.25) is 9.78 Å². The molecule has 1 aromatic carbocycles. The normalized spacial score (nSPS) is 15.3. The van der Waals surface area contributed by atoms with Gasteiger partial charge in [-0.1, -0.05) is 0 Å². The van der Waals surface area contributed by atoms with E-state index in [4.69, 9.17) is 11.2 Å². The smallest absolute Gasteiger partial charge is 0.322 e. The quantitative estimate of drug-likeness (QED) is 0.797. The van der Waals surface area contributed by atoms with Crippen molar-refractivity contribution >= 4 is 17.6 Å². The molecule has 0 radical (unpaired) electrons. The third kappa shape index (κ3) is 4.32. The van der Waals surface area contributed by atoms with Crippen molar-refractivity contribution < 1.29 is 14.3 Å². The van der Waals surface area contributed by atoms with Crippen LogP contribution < -0.4 is 10.1 Å². The van der Waals surface area contributed by atoms with Gasteiger partial charge in [0.2, 0.25) is 5.91 Å². The van der Waals surface area contributed by atoms with Crippen LogP contribution in [0.2, 0.25) is 0 Å². The van der Waals surface area contributed by atoms with E-state index >= 15 is 0 Å². The van der Waals surface area contributed by atoms with Crippen LogP contribution in [-0.4, -0.2) is 45.9 Å². The first kappa shape index (κ1) is 18.8. The number of carbonyl (C=O) groups excluding carboxylic acids is 2. The fraction of sp³-hybridized carbons (Fsp3) is 0.318. The molecule has 3 heterocycles. The van der Waals surface area contributed by atoms with Gasteiger partial charge in [0, 0.05) is 44.0 Å². The predicted molar refractivity (Wildman–Crippen MR) is 108 cm³/mol. The molecule has 0 atom stereocenters. The number of likely N-dealkylation sites (tertiary alicyclic amines) is 1. The molecule has 7 nitrogen and oxygen atoms in total. The third-order valence-electron chi connectivity index (χ3n) is 5.11. The van der Waals surface area contributed by atoms with Crippen molar-refractivity contribution in [3.05, 3.63) is 53.9 Å². The zero-order valence-electron chi connectivity index (χ0n) is 16.0. The van der Waals surface area contributed by atoms with Crippen molar-refractivity contribution in [2.75, 3.05) is 18.4 Å². The molecule has 0 spiro atoms. The second-order valence-electron chi connectivity index (χ2n) is 7.20. The van der Waals surface area contributed by atoms with Gasteiger partial charge in [-0.05, 0) is 41.5 Å². The Hall–Kier alpha value is -3.53. The van der Waals surface area contributed by atoms with Crippen LogP contribution in [0.5, 0.6) is 5.75 Å². The summed E-state index contributed by atoms with van der Waals surface area (Å²) >= 11 is 0. The van der Waals surface area contributed by atoms with Crippen LogP contribution in [0.3, 0.4) is 0 Å². The lowest BCUT2D eigenvalue weighted by atomic mass is 10.1. The second-order valence-corrected chi connectivity index (χ2v) is 7.20. The first-order valence-electron chi connectivity index (χ1n) is 9.58. The number of ether oxygens (including phenoxy) is 1. The van der Waals surface area contributed by atoms with E-state index in [9.17, 15) is 9.59 Å². The summed E-state index contributed by atoms with van der Waals surface area (Å²) in [5.41, 5.74) is 2.92. The van der Waals surface area contributed by atoms with Gasteiger partial charge < -0.3 is 19.9 Å². The fourth-order valence-corrected chi connectivity index (χ4v) is 3.43. The number of hydrogen-bond donors (Lipinski definition) is 1. The van der Waals surface area contributed by atoms with Gasteiger partial charge in [-0.25, -0.2) is 4.79 Å². The monoisotopic (exact) mass is 390 g/mol. The Kier molecular flexibility index (Phi) is 5.34. The van der Waals surface area contributed by atoms with Crippen molar-refractivity contribution in [1.82, 2.24) is 14.8 Å².